The van der Waals surface area contributed by atoms with Crippen LogP contribution in [0.3, 0.4) is 0 Å². The van der Waals surface area contributed by atoms with Crippen molar-refractivity contribution in [2.75, 3.05) is 20.2 Å². The molecule has 0 bridgehead atoms. The predicted octanol–water partition coefficient (Wildman–Crippen LogP) is 1.29. The van der Waals surface area contributed by atoms with Crippen LogP contribution in [0.5, 0.6) is 0 Å². The minimum Gasteiger partial charge on any atom is -0.303 e. The van der Waals surface area contributed by atoms with Gasteiger partial charge in [-0.15, -0.1) is 0 Å². The Morgan fingerprint density at radius 1 is 1.60 bits per heavy atom. The highest BCUT2D eigenvalue weighted by Crippen LogP contribution is 2.18. The van der Waals surface area contributed by atoms with E-state index in [4.69, 9.17) is 0 Å². The van der Waals surface area contributed by atoms with E-state index in [1.165, 1.54) is 19.4 Å². The lowest BCUT2D eigenvalue weighted by atomic mass is 10.1. The number of likely N-dealkylation sites (tertiary alicyclic amines) is 1. The molecule has 1 rings (SSSR count). The van der Waals surface area contributed by atoms with Crippen molar-refractivity contribution in [2.45, 2.75) is 31.7 Å². The molecule has 1 saturated heterocycles. The normalized spacial score (nSPS) is 27.6. The predicted molar refractivity (Wildman–Crippen MR) is 40.4 cm³/mol. The SMILES string of the molecule is CN1CCCC1CCC[O]. The molecule has 0 aromatic carbocycles. The second-order valence-electron chi connectivity index (χ2n) is 3.12. The lowest BCUT2D eigenvalue weighted by Crippen LogP contribution is -2.24. The van der Waals surface area contributed by atoms with Gasteiger partial charge < -0.3 is 4.90 Å². The first-order valence-electron chi connectivity index (χ1n) is 4.13. The van der Waals surface area contributed by atoms with E-state index >= 15 is 0 Å². The molecule has 2 nitrogen and oxygen atoms in total. The molecule has 1 heterocycles. The summed E-state index contributed by atoms with van der Waals surface area (Å²) in [4.78, 5) is 2.37. The molecular weight excluding hydrogens is 126 g/mol. The second-order valence-corrected chi connectivity index (χ2v) is 3.12. The van der Waals surface area contributed by atoms with Gasteiger partial charge in [-0.25, -0.2) is 5.11 Å². The smallest absolute Gasteiger partial charge is 0.0822 e. The standard InChI is InChI=1S/C8H16NO/c1-9-6-2-4-8(9)5-3-7-10/h8H,2-7H2,1H3. The van der Waals surface area contributed by atoms with Gasteiger partial charge in [0.1, 0.15) is 0 Å². The molecule has 1 aliphatic heterocycles. The molecule has 0 aliphatic carbocycles. The van der Waals surface area contributed by atoms with E-state index in [0.29, 0.717) is 6.04 Å². The van der Waals surface area contributed by atoms with Crippen LogP contribution in [0.15, 0.2) is 0 Å². The molecule has 59 valence electrons. The molecule has 2 heteroatoms. The molecule has 0 N–H and O–H groups in total. The van der Waals surface area contributed by atoms with Crippen molar-refractivity contribution in [3.8, 4) is 0 Å². The van der Waals surface area contributed by atoms with Crippen molar-refractivity contribution in [2.24, 2.45) is 0 Å². The summed E-state index contributed by atoms with van der Waals surface area (Å²) in [7, 11) is 2.16. The van der Waals surface area contributed by atoms with Crippen LogP contribution in [-0.4, -0.2) is 31.1 Å². The maximum Gasteiger partial charge on any atom is 0.0822 e. The maximum atomic E-state index is 10.2. The van der Waals surface area contributed by atoms with E-state index in [0.717, 1.165) is 12.8 Å². The zero-order chi connectivity index (χ0) is 7.40. The summed E-state index contributed by atoms with van der Waals surface area (Å²) in [6.45, 7) is 1.33. The lowest BCUT2D eigenvalue weighted by molar-refractivity contribution is 0.174. The van der Waals surface area contributed by atoms with E-state index in [1.807, 2.05) is 0 Å². The topological polar surface area (TPSA) is 23.1 Å². The molecule has 10 heavy (non-hydrogen) atoms. The van der Waals surface area contributed by atoms with Crippen molar-refractivity contribution in [1.29, 1.82) is 0 Å². The van der Waals surface area contributed by atoms with E-state index in [1.54, 1.807) is 0 Å². The largest absolute Gasteiger partial charge is 0.303 e. The van der Waals surface area contributed by atoms with Crippen LogP contribution in [0, 0.1) is 0 Å². The van der Waals surface area contributed by atoms with Gasteiger partial charge in [-0.3, -0.25) is 0 Å². The average Bonchev–Trinajstić information content (AvgIpc) is 2.31. The Morgan fingerprint density at radius 3 is 2.90 bits per heavy atom. The van der Waals surface area contributed by atoms with Gasteiger partial charge in [0, 0.05) is 6.04 Å². The molecule has 0 spiro atoms. The zero-order valence-corrected chi connectivity index (χ0v) is 6.68. The molecule has 0 aromatic heterocycles. The van der Waals surface area contributed by atoms with E-state index in [2.05, 4.69) is 11.9 Å². The Labute approximate surface area is 62.8 Å². The first kappa shape index (κ1) is 8.02. The van der Waals surface area contributed by atoms with Crippen molar-refractivity contribution in [3.63, 3.8) is 0 Å². The third kappa shape index (κ3) is 1.96. The Morgan fingerprint density at radius 2 is 2.40 bits per heavy atom. The fourth-order valence-corrected chi connectivity index (χ4v) is 1.66. The van der Waals surface area contributed by atoms with Crippen LogP contribution < -0.4 is 0 Å². The first-order chi connectivity index (χ1) is 4.84. The third-order valence-corrected chi connectivity index (χ3v) is 2.35. The Kier molecular flexibility index (Phi) is 3.16. The van der Waals surface area contributed by atoms with Gasteiger partial charge in [0.15, 0.2) is 0 Å². The molecular formula is C8H16NO. The van der Waals surface area contributed by atoms with Crippen LogP contribution in [0.2, 0.25) is 0 Å². The zero-order valence-electron chi connectivity index (χ0n) is 6.68. The summed E-state index contributed by atoms with van der Waals surface area (Å²) in [5.41, 5.74) is 0. The minimum atomic E-state index is 0.102. The molecule has 1 aliphatic rings. The summed E-state index contributed by atoms with van der Waals surface area (Å²) in [6.07, 6.45) is 4.59. The maximum absolute atomic E-state index is 10.2. The van der Waals surface area contributed by atoms with Gasteiger partial charge in [0.05, 0.1) is 6.61 Å². The molecule has 1 fully saturated rings. The van der Waals surface area contributed by atoms with E-state index in [-0.39, 0.29) is 6.61 Å². The van der Waals surface area contributed by atoms with Gasteiger partial charge in [0.2, 0.25) is 0 Å². The van der Waals surface area contributed by atoms with Crippen LogP contribution >= 0.6 is 0 Å². The highest BCUT2D eigenvalue weighted by Gasteiger charge is 2.19. The monoisotopic (exact) mass is 142 g/mol. The minimum absolute atomic E-state index is 0.102. The van der Waals surface area contributed by atoms with Crippen molar-refractivity contribution in [3.05, 3.63) is 0 Å². The fraction of sp³-hybridized carbons (Fsp3) is 1.00. The van der Waals surface area contributed by atoms with Gasteiger partial charge in [-0.05, 0) is 39.3 Å². The molecule has 1 unspecified atom stereocenters. The van der Waals surface area contributed by atoms with Crippen molar-refractivity contribution >= 4 is 0 Å². The van der Waals surface area contributed by atoms with Crippen molar-refractivity contribution in [1.82, 2.24) is 4.90 Å². The quantitative estimate of drug-likeness (QED) is 0.582. The lowest BCUT2D eigenvalue weighted by Gasteiger charge is -2.17. The van der Waals surface area contributed by atoms with Crippen molar-refractivity contribution < 1.29 is 5.11 Å². The average molecular weight is 142 g/mol. The second kappa shape index (κ2) is 3.94. The van der Waals surface area contributed by atoms with Gasteiger partial charge >= 0.3 is 0 Å². The summed E-state index contributed by atoms with van der Waals surface area (Å²) in [5, 5.41) is 10.2. The molecule has 0 amide bonds. The number of nitrogens with zero attached hydrogens (tertiary/aromatic N) is 1. The van der Waals surface area contributed by atoms with Crippen LogP contribution in [-0.2, 0) is 5.11 Å². The highest BCUT2D eigenvalue weighted by molar-refractivity contribution is 4.75. The van der Waals surface area contributed by atoms with Crippen LogP contribution in [0.4, 0.5) is 0 Å². The Hall–Kier alpha value is -0.0800. The summed E-state index contributed by atoms with van der Waals surface area (Å²) in [6, 6.07) is 0.717. The highest BCUT2D eigenvalue weighted by atomic mass is 16.2. The molecule has 0 saturated carbocycles. The van der Waals surface area contributed by atoms with E-state index < -0.39 is 0 Å². The third-order valence-electron chi connectivity index (χ3n) is 2.35. The number of rotatable bonds is 3. The van der Waals surface area contributed by atoms with Gasteiger partial charge in [-0.2, -0.15) is 0 Å². The van der Waals surface area contributed by atoms with Gasteiger partial charge in [0.25, 0.3) is 0 Å². The van der Waals surface area contributed by atoms with E-state index in [9.17, 15) is 5.11 Å². The molecule has 1 radical (unpaired) electrons. The van der Waals surface area contributed by atoms with Crippen LogP contribution in [0.25, 0.3) is 0 Å². The molecule has 1 atom stereocenters. The fourth-order valence-electron chi connectivity index (χ4n) is 1.66. The summed E-state index contributed by atoms with van der Waals surface area (Å²) in [5.74, 6) is 0. The van der Waals surface area contributed by atoms with Gasteiger partial charge in [-0.1, -0.05) is 0 Å². The first-order valence-corrected chi connectivity index (χ1v) is 4.13. The Balaban J connectivity index is 2.14. The molecule has 0 aromatic rings. The van der Waals surface area contributed by atoms with Crippen LogP contribution in [0.1, 0.15) is 25.7 Å². The summed E-state index contributed by atoms with van der Waals surface area (Å²) >= 11 is 0. The summed E-state index contributed by atoms with van der Waals surface area (Å²) < 4.78 is 0. The number of hydrogen-bond acceptors (Lipinski definition) is 1. The Bertz CT molecular complexity index is 95.3. The number of hydrogen-bond donors (Lipinski definition) is 0.